The van der Waals surface area contributed by atoms with Crippen LogP contribution in [-0.4, -0.2) is 68.9 Å². The second kappa shape index (κ2) is 7.50. The first-order valence-corrected chi connectivity index (χ1v) is 10.4. The van der Waals surface area contributed by atoms with Crippen LogP contribution >= 0.6 is 0 Å². The molecule has 0 saturated carbocycles. The quantitative estimate of drug-likeness (QED) is 0.583. The van der Waals surface area contributed by atoms with Crippen LogP contribution in [-0.2, 0) is 10.0 Å². The van der Waals surface area contributed by atoms with Gasteiger partial charge in [-0.15, -0.1) is 0 Å². The fraction of sp³-hybridized carbons (Fsp3) is 0.647. The van der Waals surface area contributed by atoms with Crippen LogP contribution < -0.4 is 4.90 Å². The Bertz CT molecular complexity index is 775. The second-order valence-electron chi connectivity index (χ2n) is 7.31. The normalized spacial score (nSPS) is 23.2. The van der Waals surface area contributed by atoms with Gasteiger partial charge >= 0.3 is 0 Å². The van der Waals surface area contributed by atoms with Gasteiger partial charge in [0.25, 0.3) is 5.69 Å². The molecule has 144 valence electrons. The third-order valence-corrected chi connectivity index (χ3v) is 7.14. The van der Waals surface area contributed by atoms with Gasteiger partial charge in [-0.05, 0) is 37.9 Å². The molecule has 0 unspecified atom stereocenters. The molecule has 26 heavy (non-hydrogen) atoms. The summed E-state index contributed by atoms with van der Waals surface area (Å²) in [6, 6.07) is 4.33. The zero-order valence-electron chi connectivity index (χ0n) is 15.3. The molecular formula is C17H26N4O4S. The fourth-order valence-corrected chi connectivity index (χ4v) is 5.11. The number of likely N-dealkylation sites (N-methyl/N-ethyl adjacent to an activating group) is 1. The lowest BCUT2D eigenvalue weighted by molar-refractivity contribution is -0.384. The van der Waals surface area contributed by atoms with Crippen molar-refractivity contribution in [3.63, 3.8) is 0 Å². The van der Waals surface area contributed by atoms with E-state index in [9.17, 15) is 18.5 Å². The van der Waals surface area contributed by atoms with Gasteiger partial charge in [0.15, 0.2) is 0 Å². The first-order chi connectivity index (χ1) is 12.3. The predicted octanol–water partition coefficient (Wildman–Crippen LogP) is 1.77. The summed E-state index contributed by atoms with van der Waals surface area (Å²) in [5.74, 6) is 0.470. The molecule has 1 atom stereocenters. The van der Waals surface area contributed by atoms with Crippen molar-refractivity contribution in [1.82, 2.24) is 9.21 Å². The molecule has 0 radical (unpaired) electrons. The Hall–Kier alpha value is -1.71. The number of nitro groups is 1. The van der Waals surface area contributed by atoms with Crippen LogP contribution in [0.4, 0.5) is 11.4 Å². The molecular weight excluding hydrogens is 356 g/mol. The third kappa shape index (κ3) is 3.84. The highest BCUT2D eigenvalue weighted by atomic mass is 32.2. The minimum atomic E-state index is -3.72. The number of sulfonamides is 1. The number of piperidine rings is 1. The van der Waals surface area contributed by atoms with Crippen molar-refractivity contribution in [1.29, 1.82) is 0 Å². The molecule has 0 amide bonds. The van der Waals surface area contributed by atoms with Gasteiger partial charge in [-0.25, -0.2) is 8.42 Å². The highest BCUT2D eigenvalue weighted by Gasteiger charge is 2.31. The number of nitrogens with zero attached hydrogens (tertiary/aromatic N) is 4. The SMILES string of the molecule is C[C@H]1CCCN(c2ccc(S(=O)(=O)N3CCN(C)CC3)cc2[N+](=O)[O-])C1. The average Bonchev–Trinajstić information content (AvgIpc) is 2.61. The third-order valence-electron chi connectivity index (χ3n) is 5.24. The molecule has 8 nitrogen and oxygen atoms in total. The van der Waals surface area contributed by atoms with E-state index in [0.717, 1.165) is 25.9 Å². The van der Waals surface area contributed by atoms with E-state index in [1.807, 2.05) is 11.9 Å². The van der Waals surface area contributed by atoms with Crippen LogP contribution in [0, 0.1) is 16.0 Å². The predicted molar refractivity (Wildman–Crippen MR) is 100.0 cm³/mol. The largest absolute Gasteiger partial charge is 0.366 e. The molecule has 0 aromatic heterocycles. The summed E-state index contributed by atoms with van der Waals surface area (Å²) in [5.41, 5.74) is 0.383. The van der Waals surface area contributed by atoms with Gasteiger partial charge in [-0.2, -0.15) is 4.31 Å². The van der Waals surface area contributed by atoms with Crippen LogP contribution in [0.15, 0.2) is 23.1 Å². The van der Waals surface area contributed by atoms with Gasteiger partial charge < -0.3 is 9.80 Å². The van der Waals surface area contributed by atoms with Crippen molar-refractivity contribution < 1.29 is 13.3 Å². The number of anilines is 1. The lowest BCUT2D eigenvalue weighted by Gasteiger charge is -2.33. The molecule has 9 heteroatoms. The molecule has 1 aromatic carbocycles. The van der Waals surface area contributed by atoms with E-state index in [2.05, 4.69) is 11.8 Å². The van der Waals surface area contributed by atoms with Crippen LogP contribution in [0.25, 0.3) is 0 Å². The van der Waals surface area contributed by atoms with Crippen LogP contribution in [0.2, 0.25) is 0 Å². The molecule has 0 spiro atoms. The maximum Gasteiger partial charge on any atom is 0.293 e. The minimum Gasteiger partial charge on any atom is -0.366 e. The van der Waals surface area contributed by atoms with E-state index >= 15 is 0 Å². The van der Waals surface area contributed by atoms with Crippen molar-refractivity contribution in [2.24, 2.45) is 5.92 Å². The molecule has 2 saturated heterocycles. The molecule has 0 N–H and O–H groups in total. The highest BCUT2D eigenvalue weighted by Crippen LogP contribution is 2.34. The first-order valence-electron chi connectivity index (χ1n) is 9.01. The van der Waals surface area contributed by atoms with Crippen molar-refractivity contribution in [3.8, 4) is 0 Å². The summed E-state index contributed by atoms with van der Waals surface area (Å²) in [6.07, 6.45) is 2.10. The van der Waals surface area contributed by atoms with Gasteiger partial charge in [-0.1, -0.05) is 6.92 Å². The first kappa shape index (κ1) is 19.1. The van der Waals surface area contributed by atoms with E-state index in [1.165, 1.54) is 16.4 Å². The van der Waals surface area contributed by atoms with Crippen molar-refractivity contribution in [2.45, 2.75) is 24.7 Å². The lowest BCUT2D eigenvalue weighted by Crippen LogP contribution is -2.47. The maximum absolute atomic E-state index is 12.9. The monoisotopic (exact) mass is 382 g/mol. The number of hydrogen-bond acceptors (Lipinski definition) is 6. The zero-order chi connectivity index (χ0) is 18.9. The van der Waals surface area contributed by atoms with Crippen LogP contribution in [0.5, 0.6) is 0 Å². The number of nitro benzene ring substituents is 1. The topological polar surface area (TPSA) is 87.0 Å². The Balaban J connectivity index is 1.92. The van der Waals surface area contributed by atoms with Gasteiger partial charge in [0.05, 0.1) is 9.82 Å². The summed E-state index contributed by atoms with van der Waals surface area (Å²) < 4.78 is 27.2. The van der Waals surface area contributed by atoms with E-state index in [0.29, 0.717) is 37.8 Å². The number of hydrogen-bond donors (Lipinski definition) is 0. The molecule has 3 rings (SSSR count). The van der Waals surface area contributed by atoms with E-state index in [1.54, 1.807) is 6.07 Å². The van der Waals surface area contributed by atoms with E-state index < -0.39 is 14.9 Å². The lowest BCUT2D eigenvalue weighted by atomic mass is 9.99. The number of piperazine rings is 1. The molecule has 2 heterocycles. The fourth-order valence-electron chi connectivity index (χ4n) is 3.66. The molecule has 2 aliphatic rings. The van der Waals surface area contributed by atoms with Crippen LogP contribution in [0.3, 0.4) is 0 Å². The Morgan fingerprint density at radius 3 is 2.46 bits per heavy atom. The molecule has 2 fully saturated rings. The van der Waals surface area contributed by atoms with Gasteiger partial charge in [0, 0.05) is 45.3 Å². The Kier molecular flexibility index (Phi) is 5.50. The summed E-state index contributed by atoms with van der Waals surface area (Å²) in [5, 5.41) is 11.6. The molecule has 2 aliphatic heterocycles. The maximum atomic E-state index is 12.9. The number of rotatable bonds is 4. The Labute approximate surface area is 154 Å². The van der Waals surface area contributed by atoms with Gasteiger partial charge in [0.2, 0.25) is 10.0 Å². The summed E-state index contributed by atoms with van der Waals surface area (Å²) in [4.78, 5) is 15.2. The summed E-state index contributed by atoms with van der Waals surface area (Å²) >= 11 is 0. The molecule has 0 bridgehead atoms. The number of benzene rings is 1. The smallest absolute Gasteiger partial charge is 0.293 e. The van der Waals surface area contributed by atoms with Gasteiger partial charge in [-0.3, -0.25) is 10.1 Å². The summed E-state index contributed by atoms with van der Waals surface area (Å²) in [6.45, 7) is 5.76. The van der Waals surface area contributed by atoms with Crippen LogP contribution in [0.1, 0.15) is 19.8 Å². The van der Waals surface area contributed by atoms with Crippen molar-refractivity contribution in [3.05, 3.63) is 28.3 Å². The van der Waals surface area contributed by atoms with Crippen molar-refractivity contribution >= 4 is 21.4 Å². The van der Waals surface area contributed by atoms with Crippen molar-refractivity contribution in [2.75, 3.05) is 51.2 Å². The Morgan fingerprint density at radius 2 is 1.85 bits per heavy atom. The standard InChI is InChI=1S/C17H26N4O4S/c1-14-4-3-7-19(13-14)16-6-5-15(12-17(16)21(22)23)26(24,25)20-10-8-18(2)9-11-20/h5-6,12,14H,3-4,7-11,13H2,1-2H3/t14-/m0/s1. The Morgan fingerprint density at radius 1 is 1.15 bits per heavy atom. The second-order valence-corrected chi connectivity index (χ2v) is 9.25. The van der Waals surface area contributed by atoms with E-state index in [4.69, 9.17) is 0 Å². The minimum absolute atomic E-state index is 0.00237. The highest BCUT2D eigenvalue weighted by molar-refractivity contribution is 7.89. The summed E-state index contributed by atoms with van der Waals surface area (Å²) in [7, 11) is -1.77. The van der Waals surface area contributed by atoms with Gasteiger partial charge in [0.1, 0.15) is 5.69 Å². The van der Waals surface area contributed by atoms with E-state index in [-0.39, 0.29) is 10.6 Å². The molecule has 1 aromatic rings. The molecule has 0 aliphatic carbocycles. The average molecular weight is 382 g/mol. The zero-order valence-corrected chi connectivity index (χ0v) is 16.1.